The second-order valence-electron chi connectivity index (χ2n) is 6.49. The summed E-state index contributed by atoms with van der Waals surface area (Å²) in [6.07, 6.45) is 0. The number of ketones is 1. The van der Waals surface area contributed by atoms with E-state index in [1.54, 1.807) is 25.1 Å². The maximum absolute atomic E-state index is 12.9. The number of Topliss-reactive ketones (excluding diaryl/α,β-unsaturated/α-hetero) is 1. The van der Waals surface area contributed by atoms with E-state index in [4.69, 9.17) is 42.1 Å². The summed E-state index contributed by atoms with van der Waals surface area (Å²) in [6.45, 7) is 5.58. The van der Waals surface area contributed by atoms with Crippen molar-refractivity contribution < 1.29 is 28.5 Å². The number of amides is 1. The first kappa shape index (κ1) is 26.2. The first-order valence-electron chi connectivity index (χ1n) is 9.99. The molecule has 2 aromatic rings. The first-order chi connectivity index (χ1) is 15.8. The Morgan fingerprint density at radius 2 is 1.64 bits per heavy atom. The Bertz CT molecular complexity index is 1050. The highest BCUT2D eigenvalue weighted by Crippen LogP contribution is 2.42. The van der Waals surface area contributed by atoms with Gasteiger partial charge in [-0.2, -0.15) is 5.11 Å². The number of hydrogen-bond acceptors (Lipinski definition) is 8. The number of hydrogen-bond donors (Lipinski definition) is 1. The van der Waals surface area contributed by atoms with Crippen LogP contribution in [-0.2, 0) is 9.59 Å². The summed E-state index contributed by atoms with van der Waals surface area (Å²) < 4.78 is 21.4. The predicted octanol–water partition coefficient (Wildman–Crippen LogP) is 5.49. The van der Waals surface area contributed by atoms with Gasteiger partial charge in [-0.05, 0) is 32.9 Å². The number of carbonyl (C=O) groups is 2. The lowest BCUT2D eigenvalue weighted by Gasteiger charge is -2.16. The molecule has 0 heterocycles. The second-order valence-corrected chi connectivity index (χ2v) is 7.28. The van der Waals surface area contributed by atoms with Crippen molar-refractivity contribution in [3.05, 3.63) is 34.3 Å². The fourth-order valence-electron chi connectivity index (χ4n) is 2.77. The molecule has 0 bridgehead atoms. The topological polar surface area (TPSA) is 108 Å². The van der Waals surface area contributed by atoms with Crippen molar-refractivity contribution in [1.29, 1.82) is 0 Å². The molecule has 9 nitrogen and oxygen atoms in total. The van der Waals surface area contributed by atoms with Gasteiger partial charge in [-0.1, -0.05) is 23.2 Å². The molecule has 1 unspecified atom stereocenters. The van der Waals surface area contributed by atoms with Crippen LogP contribution in [0, 0.1) is 0 Å². The number of carbonyl (C=O) groups excluding carboxylic acids is 2. The van der Waals surface area contributed by atoms with E-state index in [1.165, 1.54) is 27.2 Å². The summed E-state index contributed by atoms with van der Waals surface area (Å²) in [4.78, 5) is 25.1. The molecule has 0 aliphatic carbocycles. The second kappa shape index (κ2) is 12.3. The van der Waals surface area contributed by atoms with Gasteiger partial charge >= 0.3 is 0 Å². The van der Waals surface area contributed by atoms with E-state index in [0.717, 1.165) is 0 Å². The van der Waals surface area contributed by atoms with Gasteiger partial charge in [0.25, 0.3) is 5.91 Å². The molecule has 0 saturated carbocycles. The van der Waals surface area contributed by atoms with E-state index in [0.29, 0.717) is 36.2 Å². The summed E-state index contributed by atoms with van der Waals surface area (Å²) in [7, 11) is 2.87. The molecule has 0 spiro atoms. The third kappa shape index (κ3) is 6.49. The minimum absolute atomic E-state index is 0.117. The quantitative estimate of drug-likeness (QED) is 0.324. The van der Waals surface area contributed by atoms with Crippen LogP contribution in [0.25, 0.3) is 0 Å². The Morgan fingerprint density at radius 1 is 1.00 bits per heavy atom. The molecule has 1 N–H and O–H groups in total. The van der Waals surface area contributed by atoms with Crippen molar-refractivity contribution >= 4 is 46.3 Å². The molecule has 0 saturated heterocycles. The first-order valence-corrected chi connectivity index (χ1v) is 10.7. The molecule has 0 aliphatic rings. The molecule has 0 fully saturated rings. The average Bonchev–Trinajstić information content (AvgIpc) is 2.77. The van der Waals surface area contributed by atoms with Gasteiger partial charge in [0.2, 0.25) is 6.04 Å². The number of nitrogens with zero attached hydrogens (tertiary/aromatic N) is 2. The van der Waals surface area contributed by atoms with E-state index in [9.17, 15) is 9.59 Å². The largest absolute Gasteiger partial charge is 0.495 e. The number of nitrogens with one attached hydrogen (secondary N) is 1. The summed E-state index contributed by atoms with van der Waals surface area (Å²) in [5.74, 6) is 0.0915. The number of anilines is 1. The molecule has 1 amide bonds. The van der Waals surface area contributed by atoms with E-state index >= 15 is 0 Å². The van der Waals surface area contributed by atoms with Crippen molar-refractivity contribution in [3.63, 3.8) is 0 Å². The van der Waals surface area contributed by atoms with Crippen LogP contribution in [0.15, 0.2) is 34.5 Å². The Morgan fingerprint density at radius 3 is 2.21 bits per heavy atom. The predicted molar refractivity (Wildman–Crippen MR) is 126 cm³/mol. The summed E-state index contributed by atoms with van der Waals surface area (Å²) in [6, 6.07) is 4.83. The smallest absolute Gasteiger partial charge is 0.258 e. The molecule has 0 aliphatic heterocycles. The van der Waals surface area contributed by atoms with Crippen LogP contribution in [0.3, 0.4) is 0 Å². The zero-order chi connectivity index (χ0) is 24.5. The van der Waals surface area contributed by atoms with Crippen LogP contribution < -0.4 is 24.3 Å². The van der Waals surface area contributed by atoms with Crippen LogP contribution in [0.4, 0.5) is 11.4 Å². The monoisotopic (exact) mass is 497 g/mol. The fourth-order valence-corrected chi connectivity index (χ4v) is 3.29. The third-order valence-electron chi connectivity index (χ3n) is 4.28. The van der Waals surface area contributed by atoms with Gasteiger partial charge in [-0.3, -0.25) is 9.59 Å². The molecule has 1 atom stereocenters. The number of rotatable bonds is 11. The molecular weight excluding hydrogens is 473 g/mol. The molecule has 11 heteroatoms. The Labute approximate surface area is 202 Å². The van der Waals surface area contributed by atoms with Crippen molar-refractivity contribution in [1.82, 2.24) is 0 Å². The molecule has 0 aromatic heterocycles. The van der Waals surface area contributed by atoms with Crippen LogP contribution in [0.5, 0.6) is 23.0 Å². The molecule has 33 heavy (non-hydrogen) atoms. The van der Waals surface area contributed by atoms with Gasteiger partial charge in [-0.15, -0.1) is 5.11 Å². The lowest BCUT2D eigenvalue weighted by atomic mass is 10.2. The van der Waals surface area contributed by atoms with E-state index < -0.39 is 17.7 Å². The highest BCUT2D eigenvalue weighted by molar-refractivity contribution is 6.35. The summed E-state index contributed by atoms with van der Waals surface area (Å²) in [5.41, 5.74) is 0.303. The van der Waals surface area contributed by atoms with Gasteiger partial charge < -0.3 is 24.3 Å². The number of methoxy groups -OCH3 is 2. The third-order valence-corrected chi connectivity index (χ3v) is 4.94. The molecule has 2 aromatic carbocycles. The maximum atomic E-state index is 12.9. The highest BCUT2D eigenvalue weighted by atomic mass is 35.5. The normalized spacial score (nSPS) is 11.7. The van der Waals surface area contributed by atoms with Crippen LogP contribution in [-0.4, -0.2) is 45.2 Å². The Balaban J connectivity index is 2.39. The molecule has 178 valence electrons. The summed E-state index contributed by atoms with van der Waals surface area (Å²) >= 11 is 12.6. The Kier molecular flexibility index (Phi) is 9.74. The molecule has 2 rings (SSSR count). The van der Waals surface area contributed by atoms with E-state index in [2.05, 4.69) is 15.5 Å². The molecular formula is C22H25Cl2N3O6. The van der Waals surface area contributed by atoms with Gasteiger partial charge in [0.1, 0.15) is 39.4 Å². The van der Waals surface area contributed by atoms with Crippen LogP contribution in [0.1, 0.15) is 20.8 Å². The lowest BCUT2D eigenvalue weighted by molar-refractivity contribution is -0.126. The van der Waals surface area contributed by atoms with E-state index in [1.807, 2.05) is 6.92 Å². The number of benzene rings is 2. The van der Waals surface area contributed by atoms with Gasteiger partial charge in [0, 0.05) is 12.1 Å². The maximum Gasteiger partial charge on any atom is 0.258 e. The highest BCUT2D eigenvalue weighted by Gasteiger charge is 2.26. The minimum atomic E-state index is -1.48. The van der Waals surface area contributed by atoms with E-state index in [-0.39, 0.29) is 21.4 Å². The van der Waals surface area contributed by atoms with Crippen molar-refractivity contribution in [3.8, 4) is 23.0 Å². The fraction of sp³-hybridized carbons (Fsp3) is 0.364. The van der Waals surface area contributed by atoms with Crippen LogP contribution in [0.2, 0.25) is 10.0 Å². The molecule has 0 radical (unpaired) electrons. The average molecular weight is 498 g/mol. The SMILES string of the molecule is CCOc1cc(Cl)c(NC(=O)C(N=Nc2c(OC)ccc(OC)c2Cl)C(C)=O)c(OCC)c1. The Hall–Kier alpha value is -3.04. The van der Waals surface area contributed by atoms with Gasteiger partial charge in [0.05, 0.1) is 32.5 Å². The zero-order valence-electron chi connectivity index (χ0n) is 18.9. The minimum Gasteiger partial charge on any atom is -0.495 e. The number of halogens is 2. The number of ether oxygens (including phenoxy) is 4. The van der Waals surface area contributed by atoms with Gasteiger partial charge in [-0.25, -0.2) is 0 Å². The zero-order valence-corrected chi connectivity index (χ0v) is 20.4. The summed E-state index contributed by atoms with van der Waals surface area (Å²) in [5, 5.41) is 10.8. The van der Waals surface area contributed by atoms with Crippen molar-refractivity contribution in [2.45, 2.75) is 26.8 Å². The van der Waals surface area contributed by atoms with Gasteiger partial charge in [0.15, 0.2) is 5.78 Å². The van der Waals surface area contributed by atoms with Crippen molar-refractivity contribution in [2.75, 3.05) is 32.8 Å². The number of azo groups is 1. The lowest BCUT2D eigenvalue weighted by Crippen LogP contribution is -2.32. The van der Waals surface area contributed by atoms with Crippen LogP contribution >= 0.6 is 23.2 Å². The van der Waals surface area contributed by atoms with Crippen molar-refractivity contribution in [2.24, 2.45) is 10.2 Å². The standard InChI is InChI=1S/C22H25Cl2N3O6/c1-6-32-13-10-14(23)20(17(11-13)33-7-2)25-22(29)19(12(3)28)26-27-21-16(31-5)9-8-15(30-4)18(21)24/h8-11,19H,6-7H2,1-5H3,(H,25,29).